The molecule has 0 amide bonds. The van der Waals surface area contributed by atoms with Crippen molar-refractivity contribution in [1.29, 1.82) is 0 Å². The minimum Gasteiger partial charge on any atom is -0.478 e. The van der Waals surface area contributed by atoms with Crippen LogP contribution in [0.1, 0.15) is 35.3 Å². The van der Waals surface area contributed by atoms with Gasteiger partial charge in [0.25, 0.3) is 0 Å². The van der Waals surface area contributed by atoms with Crippen LogP contribution in [0.25, 0.3) is 22.3 Å². The van der Waals surface area contributed by atoms with Crippen LogP contribution in [-0.2, 0) is 5.41 Å². The summed E-state index contributed by atoms with van der Waals surface area (Å²) in [4.78, 5) is 11.4. The lowest BCUT2D eigenvalue weighted by Gasteiger charge is -2.22. The fourth-order valence-electron chi connectivity index (χ4n) is 3.80. The zero-order valence-corrected chi connectivity index (χ0v) is 14.2. The molecular formula is C22H19NO2. The minimum absolute atomic E-state index is 0.0780. The highest BCUT2D eigenvalue weighted by molar-refractivity contribution is 5.95. The van der Waals surface area contributed by atoms with Crippen LogP contribution < -0.4 is 5.73 Å². The maximum Gasteiger partial charge on any atom is 0.337 e. The second kappa shape index (κ2) is 5.21. The molecule has 0 saturated heterocycles. The number of rotatable bonds is 2. The van der Waals surface area contributed by atoms with E-state index in [2.05, 4.69) is 50.2 Å². The van der Waals surface area contributed by atoms with Gasteiger partial charge in [-0.15, -0.1) is 0 Å². The molecule has 25 heavy (non-hydrogen) atoms. The number of nitrogens with two attached hydrogens (primary N) is 1. The van der Waals surface area contributed by atoms with E-state index in [4.69, 9.17) is 5.73 Å². The van der Waals surface area contributed by atoms with Crippen molar-refractivity contribution in [3.05, 3.63) is 77.4 Å². The Balaban J connectivity index is 1.88. The van der Waals surface area contributed by atoms with Gasteiger partial charge in [0.15, 0.2) is 0 Å². The molecule has 0 atom stereocenters. The number of nitrogen functional groups attached to an aromatic ring is 1. The Morgan fingerprint density at radius 1 is 0.880 bits per heavy atom. The summed E-state index contributed by atoms with van der Waals surface area (Å²) in [6, 6.07) is 20.0. The average Bonchev–Trinajstić information content (AvgIpc) is 2.83. The topological polar surface area (TPSA) is 63.3 Å². The molecule has 0 unspecified atom stereocenters. The SMILES string of the molecule is CC1(C)c2ccccc2-c2ccc(-c3ccc(N)c(C(=O)O)c3)cc21. The minimum atomic E-state index is -1.01. The van der Waals surface area contributed by atoms with E-state index in [0.717, 1.165) is 11.1 Å². The van der Waals surface area contributed by atoms with Gasteiger partial charge in [0, 0.05) is 11.1 Å². The van der Waals surface area contributed by atoms with Gasteiger partial charge in [-0.25, -0.2) is 4.79 Å². The van der Waals surface area contributed by atoms with Crippen molar-refractivity contribution >= 4 is 11.7 Å². The number of carbonyl (C=O) groups is 1. The first-order valence-corrected chi connectivity index (χ1v) is 8.27. The molecular weight excluding hydrogens is 310 g/mol. The van der Waals surface area contributed by atoms with Crippen molar-refractivity contribution in [1.82, 2.24) is 0 Å². The van der Waals surface area contributed by atoms with Gasteiger partial charge in [-0.2, -0.15) is 0 Å². The van der Waals surface area contributed by atoms with E-state index in [0.29, 0.717) is 0 Å². The molecule has 0 bridgehead atoms. The maximum absolute atomic E-state index is 11.4. The molecule has 3 N–H and O–H groups in total. The van der Waals surface area contributed by atoms with Crippen LogP contribution in [-0.4, -0.2) is 11.1 Å². The monoisotopic (exact) mass is 329 g/mol. The van der Waals surface area contributed by atoms with Crippen molar-refractivity contribution in [2.45, 2.75) is 19.3 Å². The smallest absolute Gasteiger partial charge is 0.337 e. The number of hydrogen-bond acceptors (Lipinski definition) is 2. The van der Waals surface area contributed by atoms with Gasteiger partial charge in [0.2, 0.25) is 0 Å². The largest absolute Gasteiger partial charge is 0.478 e. The summed E-state index contributed by atoms with van der Waals surface area (Å²) in [5, 5.41) is 9.31. The van der Waals surface area contributed by atoms with Gasteiger partial charge in [-0.3, -0.25) is 0 Å². The molecule has 0 aliphatic heterocycles. The van der Waals surface area contributed by atoms with Crippen molar-refractivity contribution < 1.29 is 9.90 Å². The Bertz CT molecular complexity index is 1020. The fourth-order valence-corrected chi connectivity index (χ4v) is 3.80. The molecule has 3 heteroatoms. The molecule has 4 rings (SSSR count). The van der Waals surface area contributed by atoms with Gasteiger partial charge < -0.3 is 10.8 Å². The summed E-state index contributed by atoms with van der Waals surface area (Å²) in [5.41, 5.74) is 13.1. The second-order valence-corrected chi connectivity index (χ2v) is 7.04. The van der Waals surface area contributed by atoms with Gasteiger partial charge in [-0.05, 0) is 51.6 Å². The molecule has 0 spiro atoms. The molecule has 0 aromatic heterocycles. The molecule has 3 aromatic rings. The first-order chi connectivity index (χ1) is 11.9. The van der Waals surface area contributed by atoms with Gasteiger partial charge in [-0.1, -0.05) is 56.3 Å². The third-order valence-electron chi connectivity index (χ3n) is 5.20. The van der Waals surface area contributed by atoms with Crippen molar-refractivity contribution in [3.8, 4) is 22.3 Å². The Hall–Kier alpha value is -3.07. The second-order valence-electron chi connectivity index (χ2n) is 7.04. The fraction of sp³-hybridized carbons (Fsp3) is 0.136. The van der Waals surface area contributed by atoms with E-state index in [9.17, 15) is 9.90 Å². The summed E-state index contributed by atoms with van der Waals surface area (Å²) in [7, 11) is 0. The zero-order valence-electron chi connectivity index (χ0n) is 14.2. The first-order valence-electron chi connectivity index (χ1n) is 8.27. The van der Waals surface area contributed by atoms with Gasteiger partial charge in [0.05, 0.1) is 5.56 Å². The Morgan fingerprint density at radius 3 is 2.28 bits per heavy atom. The molecule has 3 aromatic carbocycles. The zero-order chi connectivity index (χ0) is 17.8. The van der Waals surface area contributed by atoms with Crippen LogP contribution in [0.2, 0.25) is 0 Å². The quantitative estimate of drug-likeness (QED) is 0.655. The Kier molecular flexibility index (Phi) is 3.22. The molecule has 3 nitrogen and oxygen atoms in total. The average molecular weight is 329 g/mol. The van der Waals surface area contributed by atoms with E-state index in [-0.39, 0.29) is 16.7 Å². The predicted octanol–water partition coefficient (Wildman–Crippen LogP) is 4.94. The summed E-state index contributed by atoms with van der Waals surface area (Å²) >= 11 is 0. The number of aromatic carboxylic acids is 1. The molecule has 0 heterocycles. The highest BCUT2D eigenvalue weighted by Crippen LogP contribution is 2.49. The normalized spacial score (nSPS) is 14.0. The molecule has 0 saturated carbocycles. The van der Waals surface area contributed by atoms with Crippen LogP contribution in [0.5, 0.6) is 0 Å². The summed E-state index contributed by atoms with van der Waals surface area (Å²) < 4.78 is 0. The number of anilines is 1. The lowest BCUT2D eigenvalue weighted by molar-refractivity contribution is 0.0698. The molecule has 0 radical (unpaired) electrons. The summed E-state index contributed by atoms with van der Waals surface area (Å²) in [6.45, 7) is 4.46. The van der Waals surface area contributed by atoms with E-state index in [1.165, 1.54) is 22.3 Å². The van der Waals surface area contributed by atoms with Gasteiger partial charge >= 0.3 is 5.97 Å². The van der Waals surface area contributed by atoms with Crippen molar-refractivity contribution in [2.24, 2.45) is 0 Å². The lowest BCUT2D eigenvalue weighted by atomic mass is 9.81. The number of fused-ring (bicyclic) bond motifs is 3. The molecule has 0 fully saturated rings. The van der Waals surface area contributed by atoms with E-state index >= 15 is 0 Å². The first kappa shape index (κ1) is 15.5. The van der Waals surface area contributed by atoms with Crippen LogP contribution in [0, 0.1) is 0 Å². The van der Waals surface area contributed by atoms with E-state index in [1.54, 1.807) is 12.1 Å². The number of benzene rings is 3. The van der Waals surface area contributed by atoms with Crippen LogP contribution in [0.3, 0.4) is 0 Å². The number of carboxylic acids is 1. The summed E-state index contributed by atoms with van der Waals surface area (Å²) in [6.07, 6.45) is 0. The third kappa shape index (κ3) is 2.23. The van der Waals surface area contributed by atoms with Gasteiger partial charge in [0.1, 0.15) is 0 Å². The Morgan fingerprint density at radius 2 is 1.52 bits per heavy atom. The lowest BCUT2D eigenvalue weighted by Crippen LogP contribution is -2.14. The third-order valence-corrected chi connectivity index (χ3v) is 5.20. The highest BCUT2D eigenvalue weighted by Gasteiger charge is 2.35. The molecule has 1 aliphatic carbocycles. The van der Waals surface area contributed by atoms with Crippen molar-refractivity contribution in [3.63, 3.8) is 0 Å². The molecule has 124 valence electrons. The number of hydrogen-bond donors (Lipinski definition) is 2. The van der Waals surface area contributed by atoms with Crippen LogP contribution >= 0.6 is 0 Å². The summed E-state index contributed by atoms with van der Waals surface area (Å²) in [5.74, 6) is -1.01. The predicted molar refractivity (Wildman–Crippen MR) is 101 cm³/mol. The van der Waals surface area contributed by atoms with E-state index < -0.39 is 5.97 Å². The maximum atomic E-state index is 11.4. The van der Waals surface area contributed by atoms with Crippen molar-refractivity contribution in [2.75, 3.05) is 5.73 Å². The highest BCUT2D eigenvalue weighted by atomic mass is 16.4. The molecule has 1 aliphatic rings. The number of carboxylic acid groups (broad SMARTS) is 1. The standard InChI is InChI=1S/C22H19NO2/c1-22(2)18-6-4-3-5-15(18)16-9-7-14(12-19(16)22)13-8-10-20(23)17(11-13)21(24)25/h3-12H,23H2,1-2H3,(H,24,25). The van der Waals surface area contributed by atoms with Crippen LogP contribution in [0.15, 0.2) is 60.7 Å². The van der Waals surface area contributed by atoms with E-state index in [1.807, 2.05) is 12.1 Å². The van der Waals surface area contributed by atoms with Crippen LogP contribution in [0.4, 0.5) is 5.69 Å². The Labute approximate surface area is 146 Å².